The molecule has 2 atom stereocenters. The number of ether oxygens (including phenoxy) is 1. The van der Waals surface area contributed by atoms with Crippen LogP contribution in [0.15, 0.2) is 66.7 Å². The van der Waals surface area contributed by atoms with Crippen LogP contribution in [0.2, 0.25) is 0 Å². The number of nitrogens with zero attached hydrogens (tertiary/aromatic N) is 2. The van der Waals surface area contributed by atoms with Crippen LogP contribution in [-0.2, 0) is 13.0 Å². The van der Waals surface area contributed by atoms with Crippen LogP contribution in [0.4, 0.5) is 5.69 Å². The van der Waals surface area contributed by atoms with E-state index in [0.29, 0.717) is 37.2 Å². The normalized spacial score (nSPS) is 12.3. The Morgan fingerprint density at radius 1 is 0.907 bits per heavy atom. The highest BCUT2D eigenvalue weighted by atomic mass is 16.5. The number of amides is 2. The van der Waals surface area contributed by atoms with Gasteiger partial charge in [-0.05, 0) is 85.3 Å². The summed E-state index contributed by atoms with van der Waals surface area (Å²) in [5.74, 6) is 0.382. The van der Waals surface area contributed by atoms with Crippen molar-refractivity contribution in [2.45, 2.75) is 58.7 Å². The van der Waals surface area contributed by atoms with E-state index in [1.807, 2.05) is 85.4 Å². The average molecular weight is 589 g/mol. The monoisotopic (exact) mass is 588 g/mol. The maximum Gasteiger partial charge on any atom is 0.253 e. The fourth-order valence-electron chi connectivity index (χ4n) is 5.08. The molecule has 8 nitrogen and oxygen atoms in total. The van der Waals surface area contributed by atoms with E-state index in [9.17, 15) is 14.7 Å². The summed E-state index contributed by atoms with van der Waals surface area (Å²) in [5.41, 5.74) is 4.84. The van der Waals surface area contributed by atoms with Gasteiger partial charge in [0.25, 0.3) is 11.8 Å². The highest BCUT2D eigenvalue weighted by molar-refractivity contribution is 6.00. The number of methoxy groups -OCH3 is 1. The lowest BCUT2D eigenvalue weighted by molar-refractivity contribution is 0.0755. The fraction of sp³-hybridized carbons (Fsp3) is 0.429. The lowest BCUT2D eigenvalue weighted by Gasteiger charge is -2.26. The molecule has 0 heterocycles. The standard InChI is InChI=1S/C35H48N4O4/c1-7-16-39(17-8-2)35(42)29-19-25(3)18-28(22-29)34(41)37-32(21-26-12-14-30(15-13-26)38(4)5)33(40)24-36-23-27-10-9-11-31(20-27)43-6/h9-15,18-20,22,32-33,36,40H,7-8,16-17,21,23-24H2,1-6H3,(H,37,41)/t32-,33+/m0/s1. The minimum Gasteiger partial charge on any atom is -0.497 e. The largest absolute Gasteiger partial charge is 0.497 e. The Kier molecular flexibility index (Phi) is 13.0. The van der Waals surface area contributed by atoms with E-state index >= 15 is 0 Å². The summed E-state index contributed by atoms with van der Waals surface area (Å²) in [5, 5.41) is 17.7. The van der Waals surface area contributed by atoms with Gasteiger partial charge >= 0.3 is 0 Å². The Morgan fingerprint density at radius 3 is 2.21 bits per heavy atom. The lowest BCUT2D eigenvalue weighted by Crippen LogP contribution is -2.48. The molecule has 0 aliphatic rings. The van der Waals surface area contributed by atoms with Crippen molar-refractivity contribution in [2.24, 2.45) is 0 Å². The maximum absolute atomic E-state index is 13.6. The molecule has 0 unspecified atom stereocenters. The van der Waals surface area contributed by atoms with Crippen molar-refractivity contribution in [3.8, 4) is 5.75 Å². The molecule has 0 radical (unpaired) electrons. The highest BCUT2D eigenvalue weighted by Gasteiger charge is 2.24. The van der Waals surface area contributed by atoms with Crippen LogP contribution in [0.3, 0.4) is 0 Å². The molecular formula is C35H48N4O4. The van der Waals surface area contributed by atoms with Gasteiger partial charge in [-0.2, -0.15) is 0 Å². The molecule has 3 aromatic carbocycles. The van der Waals surface area contributed by atoms with Crippen LogP contribution >= 0.6 is 0 Å². The van der Waals surface area contributed by atoms with Gasteiger partial charge in [-0.3, -0.25) is 9.59 Å². The number of benzene rings is 3. The van der Waals surface area contributed by atoms with E-state index in [2.05, 4.69) is 24.5 Å². The van der Waals surface area contributed by atoms with Gasteiger partial charge in [0.05, 0.1) is 19.3 Å². The molecule has 0 aromatic heterocycles. The number of aryl methyl sites for hydroxylation is 1. The van der Waals surface area contributed by atoms with E-state index in [1.54, 1.807) is 19.2 Å². The van der Waals surface area contributed by atoms with Crippen molar-refractivity contribution < 1.29 is 19.4 Å². The predicted molar refractivity (Wildman–Crippen MR) is 174 cm³/mol. The number of anilines is 1. The molecule has 3 rings (SSSR count). The molecule has 3 aromatic rings. The first-order valence-corrected chi connectivity index (χ1v) is 15.1. The Morgan fingerprint density at radius 2 is 1.58 bits per heavy atom. The summed E-state index contributed by atoms with van der Waals surface area (Å²) < 4.78 is 5.31. The molecule has 8 heteroatoms. The van der Waals surface area contributed by atoms with E-state index in [-0.39, 0.29) is 18.4 Å². The topological polar surface area (TPSA) is 94.1 Å². The molecule has 232 valence electrons. The Bertz CT molecular complexity index is 1320. The third-order valence-electron chi connectivity index (χ3n) is 7.37. The third-order valence-corrected chi connectivity index (χ3v) is 7.37. The zero-order valence-electron chi connectivity index (χ0n) is 26.5. The zero-order chi connectivity index (χ0) is 31.4. The molecule has 43 heavy (non-hydrogen) atoms. The number of hydrogen-bond acceptors (Lipinski definition) is 6. The van der Waals surface area contributed by atoms with Gasteiger partial charge in [0, 0.05) is 57.1 Å². The second-order valence-electron chi connectivity index (χ2n) is 11.3. The second-order valence-corrected chi connectivity index (χ2v) is 11.3. The summed E-state index contributed by atoms with van der Waals surface area (Å²) in [7, 11) is 5.61. The molecular weight excluding hydrogens is 540 g/mol. The number of carbonyl (C=O) groups is 2. The summed E-state index contributed by atoms with van der Waals surface area (Å²) in [6.07, 6.45) is 1.32. The van der Waals surface area contributed by atoms with E-state index in [4.69, 9.17) is 4.74 Å². The summed E-state index contributed by atoms with van der Waals surface area (Å²) in [6.45, 7) is 8.16. The van der Waals surface area contributed by atoms with Crippen LogP contribution in [0.25, 0.3) is 0 Å². The quantitative estimate of drug-likeness (QED) is 0.222. The predicted octanol–water partition coefficient (Wildman–Crippen LogP) is 4.82. The first kappa shape index (κ1) is 33.6. The van der Waals surface area contributed by atoms with E-state index < -0.39 is 12.1 Å². The number of nitrogens with one attached hydrogen (secondary N) is 2. The van der Waals surface area contributed by atoms with E-state index in [0.717, 1.165) is 41.0 Å². The summed E-state index contributed by atoms with van der Waals surface area (Å²) >= 11 is 0. The first-order chi connectivity index (χ1) is 20.6. The number of carbonyl (C=O) groups excluding carboxylic acids is 2. The first-order valence-electron chi connectivity index (χ1n) is 15.1. The van der Waals surface area contributed by atoms with Gasteiger partial charge in [-0.1, -0.05) is 38.1 Å². The van der Waals surface area contributed by atoms with Gasteiger partial charge in [-0.15, -0.1) is 0 Å². The highest BCUT2D eigenvalue weighted by Crippen LogP contribution is 2.17. The van der Waals surface area contributed by atoms with Crippen molar-refractivity contribution in [1.82, 2.24) is 15.5 Å². The molecule has 0 saturated heterocycles. The molecule has 0 spiro atoms. The van der Waals surface area contributed by atoms with Crippen LogP contribution in [0.5, 0.6) is 5.75 Å². The van der Waals surface area contributed by atoms with Crippen LogP contribution in [0, 0.1) is 6.92 Å². The minimum absolute atomic E-state index is 0.0687. The Balaban J connectivity index is 1.79. The van der Waals surface area contributed by atoms with Gasteiger partial charge in [-0.25, -0.2) is 0 Å². The van der Waals surface area contributed by atoms with Gasteiger partial charge in [0.15, 0.2) is 0 Å². The molecule has 0 aliphatic carbocycles. The van der Waals surface area contributed by atoms with Crippen molar-refractivity contribution in [2.75, 3.05) is 45.7 Å². The average Bonchev–Trinajstić information content (AvgIpc) is 3.00. The Hall–Kier alpha value is -3.88. The van der Waals surface area contributed by atoms with Gasteiger partial charge < -0.3 is 30.3 Å². The number of rotatable bonds is 16. The molecule has 0 saturated carbocycles. The number of aliphatic hydroxyl groups is 1. The lowest BCUT2D eigenvalue weighted by atomic mass is 9.99. The smallest absolute Gasteiger partial charge is 0.253 e. The minimum atomic E-state index is -0.862. The second kappa shape index (κ2) is 16.7. The van der Waals surface area contributed by atoms with E-state index in [1.165, 1.54) is 0 Å². The third kappa shape index (κ3) is 10.1. The SMILES string of the molecule is CCCN(CCC)C(=O)c1cc(C)cc(C(=O)N[C@@H](Cc2ccc(N(C)C)cc2)[C@H](O)CNCc2cccc(OC)c2)c1. The summed E-state index contributed by atoms with van der Waals surface area (Å²) in [6, 6.07) is 20.6. The zero-order valence-corrected chi connectivity index (χ0v) is 26.5. The molecule has 0 fully saturated rings. The van der Waals surface area contributed by atoms with Crippen LogP contribution < -0.4 is 20.3 Å². The number of aliphatic hydroxyl groups excluding tert-OH is 1. The van der Waals surface area contributed by atoms with Crippen molar-refractivity contribution >= 4 is 17.5 Å². The van der Waals surface area contributed by atoms with Gasteiger partial charge in [0.2, 0.25) is 0 Å². The fourth-order valence-corrected chi connectivity index (χ4v) is 5.08. The van der Waals surface area contributed by atoms with Crippen molar-refractivity contribution in [3.63, 3.8) is 0 Å². The molecule has 3 N–H and O–H groups in total. The number of hydrogen-bond donors (Lipinski definition) is 3. The van der Waals surface area contributed by atoms with Crippen LogP contribution in [-0.4, -0.2) is 74.8 Å². The van der Waals surface area contributed by atoms with Crippen molar-refractivity contribution in [3.05, 3.63) is 94.5 Å². The van der Waals surface area contributed by atoms with Crippen LogP contribution in [0.1, 0.15) is 64.1 Å². The Labute approximate surface area is 257 Å². The summed E-state index contributed by atoms with van der Waals surface area (Å²) in [4.78, 5) is 30.8. The van der Waals surface area contributed by atoms with Crippen molar-refractivity contribution in [1.29, 1.82) is 0 Å². The maximum atomic E-state index is 13.6. The molecule has 0 bridgehead atoms. The molecule has 2 amide bonds. The molecule has 0 aliphatic heterocycles. The van der Waals surface area contributed by atoms with Gasteiger partial charge in [0.1, 0.15) is 5.75 Å².